The van der Waals surface area contributed by atoms with Crippen molar-refractivity contribution in [1.82, 2.24) is 0 Å². The van der Waals surface area contributed by atoms with Crippen LogP contribution in [0.3, 0.4) is 0 Å². The lowest BCUT2D eigenvalue weighted by molar-refractivity contribution is -0.242. The first kappa shape index (κ1) is 10.8. The predicted octanol–water partition coefficient (Wildman–Crippen LogP) is 0.587. The van der Waals surface area contributed by atoms with Crippen molar-refractivity contribution in [2.24, 2.45) is 0 Å². The molecular weight excluding hydrogens is 160 g/mol. The number of hydrogen-bond acceptors (Lipinski definition) is 3. The Bertz CT molecular complexity index is 91.7. The smallest absolute Gasteiger partial charge is 0.261 e. The third-order valence-corrected chi connectivity index (χ3v) is 1.66. The predicted molar refractivity (Wildman–Crippen MR) is 46.9 cm³/mol. The summed E-state index contributed by atoms with van der Waals surface area (Å²) in [6.07, 6.45) is 0. The zero-order valence-corrected chi connectivity index (χ0v) is 8.62. The van der Waals surface area contributed by atoms with Crippen LogP contribution in [-0.4, -0.2) is 29.5 Å². The molecule has 0 aromatic heterocycles. The molecule has 0 aromatic carbocycles. The summed E-state index contributed by atoms with van der Waals surface area (Å²) in [5, 5.41) is 0. The van der Waals surface area contributed by atoms with Gasteiger partial charge in [0.2, 0.25) is 0 Å². The standard InChI is InChI=1S/C7H16O3Si/c1-4-8-7(9-5-2)10-11-6-3/h6-7H,3-5,11H2,1-2H3. The Kier molecular flexibility index (Phi) is 7.82. The Morgan fingerprint density at radius 1 is 1.36 bits per heavy atom. The third kappa shape index (κ3) is 6.24. The molecule has 0 atom stereocenters. The molecule has 0 N–H and O–H groups in total. The molecule has 11 heavy (non-hydrogen) atoms. The second kappa shape index (κ2) is 7.94. The van der Waals surface area contributed by atoms with Crippen molar-refractivity contribution in [2.75, 3.05) is 13.2 Å². The molecule has 0 aliphatic rings. The Morgan fingerprint density at radius 2 is 1.91 bits per heavy atom. The van der Waals surface area contributed by atoms with Crippen LogP contribution in [0.1, 0.15) is 13.8 Å². The highest BCUT2D eigenvalue weighted by atomic mass is 28.2. The van der Waals surface area contributed by atoms with Crippen LogP contribution < -0.4 is 0 Å². The monoisotopic (exact) mass is 176 g/mol. The van der Waals surface area contributed by atoms with Crippen LogP contribution in [0.2, 0.25) is 0 Å². The van der Waals surface area contributed by atoms with Crippen LogP contribution in [0.5, 0.6) is 0 Å². The van der Waals surface area contributed by atoms with Gasteiger partial charge < -0.3 is 13.9 Å². The quantitative estimate of drug-likeness (QED) is 0.420. The first-order valence-corrected chi connectivity index (χ1v) is 5.20. The zero-order valence-electron chi connectivity index (χ0n) is 7.21. The summed E-state index contributed by atoms with van der Waals surface area (Å²) in [5.74, 6) is 0. The van der Waals surface area contributed by atoms with E-state index in [-0.39, 0.29) is 0 Å². The van der Waals surface area contributed by atoms with E-state index in [1.807, 2.05) is 13.8 Å². The van der Waals surface area contributed by atoms with E-state index in [1.54, 1.807) is 5.70 Å². The fraction of sp³-hybridized carbons (Fsp3) is 0.714. The average molecular weight is 176 g/mol. The highest BCUT2D eigenvalue weighted by Crippen LogP contribution is 1.95. The van der Waals surface area contributed by atoms with Gasteiger partial charge in [0.1, 0.15) is 0 Å². The topological polar surface area (TPSA) is 27.7 Å². The molecule has 0 heterocycles. The molecule has 4 heteroatoms. The summed E-state index contributed by atoms with van der Waals surface area (Å²) >= 11 is 0. The second-order valence-corrected chi connectivity index (χ2v) is 3.07. The molecule has 0 rings (SSSR count). The van der Waals surface area contributed by atoms with Gasteiger partial charge in [-0.2, -0.15) is 0 Å². The molecule has 0 spiro atoms. The maximum absolute atomic E-state index is 5.25. The highest BCUT2D eigenvalue weighted by molar-refractivity contribution is 6.34. The Hall–Kier alpha value is -0.163. The fourth-order valence-electron chi connectivity index (χ4n) is 0.563. The van der Waals surface area contributed by atoms with E-state index in [0.717, 1.165) is 0 Å². The van der Waals surface area contributed by atoms with Gasteiger partial charge in [0.25, 0.3) is 6.48 Å². The van der Waals surface area contributed by atoms with Crippen molar-refractivity contribution in [3.8, 4) is 0 Å². The molecular formula is C7H16O3Si. The van der Waals surface area contributed by atoms with Crippen LogP contribution in [-0.2, 0) is 13.9 Å². The van der Waals surface area contributed by atoms with E-state index in [2.05, 4.69) is 6.58 Å². The van der Waals surface area contributed by atoms with Gasteiger partial charge in [-0.1, -0.05) is 5.70 Å². The third-order valence-electron chi connectivity index (χ3n) is 0.956. The molecule has 3 nitrogen and oxygen atoms in total. The van der Waals surface area contributed by atoms with E-state index in [0.29, 0.717) is 13.2 Å². The van der Waals surface area contributed by atoms with Gasteiger partial charge in [-0.05, 0) is 13.8 Å². The molecule has 0 aliphatic carbocycles. The van der Waals surface area contributed by atoms with Gasteiger partial charge in [0.05, 0.1) is 0 Å². The Balaban J connectivity index is 3.41. The second-order valence-electron chi connectivity index (χ2n) is 1.82. The van der Waals surface area contributed by atoms with Gasteiger partial charge in [-0.15, -0.1) is 6.58 Å². The molecule has 0 radical (unpaired) electrons. The van der Waals surface area contributed by atoms with Gasteiger partial charge >= 0.3 is 0 Å². The van der Waals surface area contributed by atoms with Crippen molar-refractivity contribution < 1.29 is 13.9 Å². The van der Waals surface area contributed by atoms with E-state index in [4.69, 9.17) is 13.9 Å². The van der Waals surface area contributed by atoms with E-state index >= 15 is 0 Å². The van der Waals surface area contributed by atoms with E-state index in [1.165, 1.54) is 0 Å². The summed E-state index contributed by atoms with van der Waals surface area (Å²) < 4.78 is 15.5. The van der Waals surface area contributed by atoms with Crippen LogP contribution in [0.15, 0.2) is 12.3 Å². The highest BCUT2D eigenvalue weighted by Gasteiger charge is 2.04. The number of rotatable bonds is 7. The molecule has 66 valence electrons. The van der Waals surface area contributed by atoms with Crippen LogP contribution in [0, 0.1) is 0 Å². The van der Waals surface area contributed by atoms with Crippen LogP contribution >= 0.6 is 0 Å². The Morgan fingerprint density at radius 3 is 2.27 bits per heavy atom. The average Bonchev–Trinajstić information content (AvgIpc) is 2.01. The van der Waals surface area contributed by atoms with Crippen molar-refractivity contribution in [2.45, 2.75) is 20.3 Å². The lowest BCUT2D eigenvalue weighted by Gasteiger charge is -2.15. The van der Waals surface area contributed by atoms with Crippen molar-refractivity contribution in [1.29, 1.82) is 0 Å². The normalized spacial score (nSPS) is 11.5. The number of ether oxygens (including phenoxy) is 2. The summed E-state index contributed by atoms with van der Waals surface area (Å²) in [6, 6.07) is 0. The largest absolute Gasteiger partial charge is 0.374 e. The maximum Gasteiger partial charge on any atom is 0.261 e. The van der Waals surface area contributed by atoms with Gasteiger partial charge in [-0.3, -0.25) is 0 Å². The fourth-order valence-corrected chi connectivity index (χ4v) is 1.05. The molecule has 0 saturated heterocycles. The first-order chi connectivity index (χ1) is 5.35. The zero-order chi connectivity index (χ0) is 8.53. The van der Waals surface area contributed by atoms with E-state index in [9.17, 15) is 0 Å². The van der Waals surface area contributed by atoms with Gasteiger partial charge in [-0.25, -0.2) is 0 Å². The maximum atomic E-state index is 5.25. The SMILES string of the molecule is C=C[SiH2]OC(OCC)OCC. The summed E-state index contributed by atoms with van der Waals surface area (Å²) in [5.41, 5.74) is 1.80. The van der Waals surface area contributed by atoms with Crippen LogP contribution in [0.25, 0.3) is 0 Å². The summed E-state index contributed by atoms with van der Waals surface area (Å²) in [6.45, 7) is 8.13. The molecule has 0 amide bonds. The Labute approximate surface area is 70.3 Å². The lowest BCUT2D eigenvalue weighted by Crippen LogP contribution is -2.22. The van der Waals surface area contributed by atoms with Crippen LogP contribution in [0.4, 0.5) is 0 Å². The van der Waals surface area contributed by atoms with Crippen molar-refractivity contribution >= 4 is 9.76 Å². The van der Waals surface area contributed by atoms with Crippen molar-refractivity contribution in [3.63, 3.8) is 0 Å². The van der Waals surface area contributed by atoms with Gasteiger partial charge in [0.15, 0.2) is 9.76 Å². The molecule has 0 saturated carbocycles. The van der Waals surface area contributed by atoms with E-state index < -0.39 is 16.2 Å². The molecule has 0 bridgehead atoms. The minimum atomic E-state index is -0.652. The summed E-state index contributed by atoms with van der Waals surface area (Å²) in [4.78, 5) is 0. The number of hydrogen-bond donors (Lipinski definition) is 0. The lowest BCUT2D eigenvalue weighted by atomic mass is 10.8. The molecule has 0 aliphatic heterocycles. The minimum absolute atomic E-state index is 0.477. The molecule has 0 unspecified atom stereocenters. The first-order valence-electron chi connectivity index (χ1n) is 3.80. The summed E-state index contributed by atoms with van der Waals surface area (Å²) in [7, 11) is -0.652. The van der Waals surface area contributed by atoms with Gasteiger partial charge in [0, 0.05) is 13.2 Å². The van der Waals surface area contributed by atoms with Crippen molar-refractivity contribution in [3.05, 3.63) is 12.3 Å². The minimum Gasteiger partial charge on any atom is -0.374 e. The molecule has 0 fully saturated rings. The molecule has 0 aromatic rings.